The zero-order valence-electron chi connectivity index (χ0n) is 8.28. The average Bonchev–Trinajstić information content (AvgIpc) is 1.99. The van der Waals surface area contributed by atoms with Gasteiger partial charge in [0.15, 0.2) is 20.8 Å². The number of hydrogen-bond donors (Lipinski definition) is 2. The van der Waals surface area contributed by atoms with Gasteiger partial charge in [-0.1, -0.05) is 5.16 Å². The molecule has 10 heteroatoms. The Balaban J connectivity index is 4.76. The minimum absolute atomic E-state index is 0.324. The minimum atomic E-state index is -3.95. The SMILES string of the molecule is CN(CC(N)=NO)S(=O)(=O)CS(C)(=O)=O. The molecule has 0 aliphatic rings. The predicted octanol–water partition coefficient (Wildman–Crippen LogP) is -2.00. The molecule has 8 nitrogen and oxygen atoms in total. The fourth-order valence-electron chi connectivity index (χ4n) is 0.719. The highest BCUT2D eigenvalue weighted by atomic mass is 32.3. The predicted molar refractivity (Wildman–Crippen MR) is 54.7 cm³/mol. The van der Waals surface area contributed by atoms with E-state index in [1.165, 1.54) is 0 Å². The van der Waals surface area contributed by atoms with Crippen molar-refractivity contribution >= 4 is 25.7 Å². The van der Waals surface area contributed by atoms with Gasteiger partial charge in [-0.25, -0.2) is 16.8 Å². The van der Waals surface area contributed by atoms with Crippen molar-refractivity contribution in [2.24, 2.45) is 10.9 Å². The molecule has 0 aromatic carbocycles. The highest BCUT2D eigenvalue weighted by Crippen LogP contribution is 2.01. The Kier molecular flexibility index (Phi) is 4.49. The molecule has 0 radical (unpaired) electrons. The summed E-state index contributed by atoms with van der Waals surface area (Å²) >= 11 is 0. The van der Waals surface area contributed by atoms with Gasteiger partial charge in [-0.2, -0.15) is 4.31 Å². The topological polar surface area (TPSA) is 130 Å². The standard InChI is InChI=1S/C5H13N3O5S2/c1-8(3-5(6)7-9)15(12,13)4-14(2,10)11/h9H,3-4H2,1-2H3,(H2,6,7). The molecule has 0 aromatic rings. The molecule has 15 heavy (non-hydrogen) atoms. The lowest BCUT2D eigenvalue weighted by atomic mass is 10.6. The number of sulfone groups is 1. The zero-order valence-corrected chi connectivity index (χ0v) is 9.92. The molecule has 0 spiro atoms. The van der Waals surface area contributed by atoms with Crippen LogP contribution >= 0.6 is 0 Å². The molecule has 0 rings (SSSR count). The summed E-state index contributed by atoms with van der Waals surface area (Å²) in [6.45, 7) is -0.367. The van der Waals surface area contributed by atoms with Gasteiger partial charge in [-0.3, -0.25) is 0 Å². The van der Waals surface area contributed by atoms with E-state index >= 15 is 0 Å². The summed E-state index contributed by atoms with van der Waals surface area (Å²) in [7, 11) is -6.45. The number of sulfonamides is 1. The summed E-state index contributed by atoms with van der Waals surface area (Å²) < 4.78 is 45.0. The lowest BCUT2D eigenvalue weighted by molar-refractivity contribution is 0.315. The summed E-state index contributed by atoms with van der Waals surface area (Å²) in [6, 6.07) is 0. The number of nitrogens with zero attached hydrogens (tertiary/aromatic N) is 2. The molecule has 0 atom stereocenters. The van der Waals surface area contributed by atoms with Gasteiger partial charge in [0.1, 0.15) is 0 Å². The summed E-state index contributed by atoms with van der Waals surface area (Å²) in [5.41, 5.74) is 5.08. The Labute approximate surface area is 88.3 Å². The van der Waals surface area contributed by atoms with E-state index in [-0.39, 0.29) is 12.4 Å². The van der Waals surface area contributed by atoms with Crippen LogP contribution in [0, 0.1) is 0 Å². The highest BCUT2D eigenvalue weighted by molar-refractivity contribution is 8.06. The van der Waals surface area contributed by atoms with Gasteiger partial charge >= 0.3 is 0 Å². The lowest BCUT2D eigenvalue weighted by Gasteiger charge is -2.15. The molecule has 0 saturated carbocycles. The van der Waals surface area contributed by atoms with E-state index in [4.69, 9.17) is 10.9 Å². The Morgan fingerprint density at radius 2 is 1.87 bits per heavy atom. The maximum atomic E-state index is 11.4. The van der Waals surface area contributed by atoms with Crippen molar-refractivity contribution in [2.45, 2.75) is 0 Å². The largest absolute Gasteiger partial charge is 0.409 e. The van der Waals surface area contributed by atoms with Crippen LogP contribution in [0.1, 0.15) is 0 Å². The summed E-state index contributed by atoms with van der Waals surface area (Å²) in [5.74, 6) is -0.324. The summed E-state index contributed by atoms with van der Waals surface area (Å²) in [5, 5.41) is 9.78. The molecule has 0 heterocycles. The quantitative estimate of drug-likeness (QED) is 0.254. The molecule has 0 saturated heterocycles. The molecule has 3 N–H and O–H groups in total. The number of oxime groups is 1. The van der Waals surface area contributed by atoms with Crippen LogP contribution in [0.3, 0.4) is 0 Å². The van der Waals surface area contributed by atoms with Crippen molar-refractivity contribution < 1.29 is 22.0 Å². The van der Waals surface area contributed by atoms with Crippen LogP contribution in [0.15, 0.2) is 5.16 Å². The van der Waals surface area contributed by atoms with Crippen LogP contribution < -0.4 is 5.73 Å². The molecule has 0 aliphatic heterocycles. The number of rotatable bonds is 5. The Morgan fingerprint density at radius 3 is 2.20 bits per heavy atom. The van der Waals surface area contributed by atoms with Gasteiger partial charge < -0.3 is 10.9 Å². The van der Waals surface area contributed by atoms with Crippen LogP contribution in [-0.2, 0) is 19.9 Å². The van der Waals surface area contributed by atoms with E-state index in [0.29, 0.717) is 4.31 Å². The van der Waals surface area contributed by atoms with E-state index in [9.17, 15) is 16.8 Å². The van der Waals surface area contributed by atoms with Crippen LogP contribution in [0.4, 0.5) is 0 Å². The minimum Gasteiger partial charge on any atom is -0.409 e. The maximum absolute atomic E-state index is 11.4. The van der Waals surface area contributed by atoms with Crippen molar-refractivity contribution in [3.05, 3.63) is 0 Å². The van der Waals surface area contributed by atoms with Crippen molar-refractivity contribution in [1.29, 1.82) is 0 Å². The lowest BCUT2D eigenvalue weighted by Crippen LogP contribution is -2.38. The van der Waals surface area contributed by atoms with E-state index in [1.54, 1.807) is 0 Å². The zero-order chi connectivity index (χ0) is 12.3. The number of amidine groups is 1. The van der Waals surface area contributed by atoms with Crippen molar-refractivity contribution in [3.63, 3.8) is 0 Å². The Bertz CT molecular complexity index is 437. The molecule has 0 fully saturated rings. The van der Waals surface area contributed by atoms with Gasteiger partial charge in [0.2, 0.25) is 10.0 Å². The number of nitrogens with two attached hydrogens (primary N) is 1. The molecule has 0 aliphatic carbocycles. The first-order valence-electron chi connectivity index (χ1n) is 3.66. The van der Waals surface area contributed by atoms with Crippen molar-refractivity contribution in [3.8, 4) is 0 Å². The molecule has 0 bridgehead atoms. The first-order valence-corrected chi connectivity index (χ1v) is 7.33. The summed E-state index contributed by atoms with van der Waals surface area (Å²) in [4.78, 5) is 0. The van der Waals surface area contributed by atoms with E-state index < -0.39 is 24.9 Å². The molecule has 0 aromatic heterocycles. The first-order chi connectivity index (χ1) is 6.58. The normalized spacial score (nSPS) is 14.5. The van der Waals surface area contributed by atoms with Crippen molar-refractivity contribution in [2.75, 3.05) is 24.9 Å². The van der Waals surface area contributed by atoms with Crippen LogP contribution in [0.25, 0.3) is 0 Å². The van der Waals surface area contributed by atoms with E-state index in [1.807, 2.05) is 0 Å². The molecular weight excluding hydrogens is 246 g/mol. The second-order valence-electron chi connectivity index (χ2n) is 3.00. The number of likely N-dealkylation sites (N-methyl/N-ethyl adjacent to an activating group) is 1. The average molecular weight is 259 g/mol. The van der Waals surface area contributed by atoms with Crippen LogP contribution in [-0.4, -0.2) is 57.1 Å². The third kappa shape index (κ3) is 5.54. The van der Waals surface area contributed by atoms with Crippen LogP contribution in [0.5, 0.6) is 0 Å². The maximum Gasteiger partial charge on any atom is 0.228 e. The van der Waals surface area contributed by atoms with E-state index in [2.05, 4.69) is 5.16 Å². The van der Waals surface area contributed by atoms with E-state index in [0.717, 1.165) is 13.3 Å². The fraction of sp³-hybridized carbons (Fsp3) is 0.800. The molecule has 0 amide bonds. The van der Waals surface area contributed by atoms with Gasteiger partial charge in [-0.05, 0) is 0 Å². The van der Waals surface area contributed by atoms with Crippen LogP contribution in [0.2, 0.25) is 0 Å². The third-order valence-corrected chi connectivity index (χ3v) is 5.33. The second kappa shape index (κ2) is 4.77. The molecule has 0 unspecified atom stereocenters. The van der Waals surface area contributed by atoms with Gasteiger partial charge in [0.05, 0.1) is 6.54 Å². The Hall–Kier alpha value is -0.870. The Morgan fingerprint density at radius 1 is 1.40 bits per heavy atom. The number of hydrogen-bond acceptors (Lipinski definition) is 6. The fourth-order valence-corrected chi connectivity index (χ4v) is 3.93. The second-order valence-corrected chi connectivity index (χ2v) is 7.58. The third-order valence-electron chi connectivity index (χ3n) is 1.35. The first kappa shape index (κ1) is 14.1. The van der Waals surface area contributed by atoms with Gasteiger partial charge in [0, 0.05) is 13.3 Å². The van der Waals surface area contributed by atoms with Gasteiger partial charge in [-0.15, -0.1) is 0 Å². The summed E-state index contributed by atoms with van der Waals surface area (Å²) in [6.07, 6.45) is 0.807. The van der Waals surface area contributed by atoms with Gasteiger partial charge in [0.25, 0.3) is 0 Å². The highest BCUT2D eigenvalue weighted by Gasteiger charge is 2.24. The van der Waals surface area contributed by atoms with Crippen molar-refractivity contribution in [1.82, 2.24) is 4.31 Å². The smallest absolute Gasteiger partial charge is 0.228 e. The molecular formula is C5H13N3O5S2. The monoisotopic (exact) mass is 259 g/mol. The molecule has 90 valence electrons.